The van der Waals surface area contributed by atoms with Crippen LogP contribution in [0.15, 0.2) is 23.3 Å². The van der Waals surface area contributed by atoms with E-state index in [1.54, 1.807) is 11.3 Å². The summed E-state index contributed by atoms with van der Waals surface area (Å²) >= 11 is 7.87. The first-order valence-corrected chi connectivity index (χ1v) is 11.1. The van der Waals surface area contributed by atoms with Crippen LogP contribution in [0.5, 0.6) is 5.75 Å². The molecule has 1 aliphatic carbocycles. The van der Waals surface area contributed by atoms with Crippen LogP contribution < -0.4 is 10.3 Å². The van der Waals surface area contributed by atoms with Crippen molar-refractivity contribution in [2.45, 2.75) is 58.6 Å². The number of aliphatic hydroxyl groups is 1. The molecule has 3 aromatic rings. The minimum absolute atomic E-state index is 0.0707. The lowest BCUT2D eigenvalue weighted by atomic mass is 10.0. The lowest BCUT2D eigenvalue weighted by Crippen LogP contribution is -2.30. The van der Waals surface area contributed by atoms with Crippen molar-refractivity contribution in [3.63, 3.8) is 0 Å². The largest absolute Gasteiger partial charge is 0.491 e. The molecular formula is C22H25ClN2O3S. The van der Waals surface area contributed by atoms with Crippen LogP contribution >= 0.6 is 22.9 Å². The summed E-state index contributed by atoms with van der Waals surface area (Å²) in [6.45, 7) is 6.31. The summed E-state index contributed by atoms with van der Waals surface area (Å²) in [6.07, 6.45) is 3.78. The number of hydrogen-bond donors (Lipinski definition) is 1. The molecule has 0 spiro atoms. The molecule has 0 aliphatic heterocycles. The lowest BCUT2D eigenvalue weighted by Gasteiger charge is -2.18. The highest BCUT2D eigenvalue weighted by Crippen LogP contribution is 2.34. The third-order valence-electron chi connectivity index (χ3n) is 5.44. The standard InChI is InChI=1S/C22H25ClN2O3S/c1-12(2)16-8-17(23)13(3)7-18(16)28-10-14(26)9-25-11-24-21-20(22(25)27)15-5-4-6-19(15)29-21/h7-8,11-12,14,26H,4-6,9-10H2,1-3H3. The van der Waals surface area contributed by atoms with Gasteiger partial charge in [0.05, 0.1) is 18.3 Å². The van der Waals surface area contributed by atoms with Crippen LogP contribution in [0, 0.1) is 6.92 Å². The van der Waals surface area contributed by atoms with E-state index in [-0.39, 0.29) is 24.6 Å². The van der Waals surface area contributed by atoms with Crippen LogP contribution in [0.25, 0.3) is 10.2 Å². The number of aryl methyl sites for hydroxylation is 3. The van der Waals surface area contributed by atoms with Gasteiger partial charge in [0.1, 0.15) is 23.3 Å². The van der Waals surface area contributed by atoms with Gasteiger partial charge in [-0.15, -0.1) is 11.3 Å². The average molecular weight is 433 g/mol. The number of aromatic nitrogens is 2. The van der Waals surface area contributed by atoms with E-state index < -0.39 is 6.10 Å². The van der Waals surface area contributed by atoms with E-state index in [0.29, 0.717) is 5.02 Å². The van der Waals surface area contributed by atoms with E-state index in [4.69, 9.17) is 16.3 Å². The van der Waals surface area contributed by atoms with Gasteiger partial charge < -0.3 is 9.84 Å². The summed E-state index contributed by atoms with van der Waals surface area (Å²) in [7, 11) is 0. The van der Waals surface area contributed by atoms with Gasteiger partial charge in [0, 0.05) is 9.90 Å². The maximum Gasteiger partial charge on any atom is 0.262 e. The smallest absolute Gasteiger partial charge is 0.262 e. The van der Waals surface area contributed by atoms with Gasteiger partial charge in [-0.1, -0.05) is 25.4 Å². The Balaban J connectivity index is 1.51. The monoisotopic (exact) mass is 432 g/mol. The van der Waals surface area contributed by atoms with Gasteiger partial charge in [-0.25, -0.2) is 4.98 Å². The fraction of sp³-hybridized carbons (Fsp3) is 0.455. The van der Waals surface area contributed by atoms with Gasteiger partial charge in [-0.05, 0) is 60.9 Å². The maximum absolute atomic E-state index is 12.9. The highest BCUT2D eigenvalue weighted by atomic mass is 35.5. The van der Waals surface area contributed by atoms with Crippen molar-refractivity contribution in [2.75, 3.05) is 6.61 Å². The van der Waals surface area contributed by atoms with E-state index in [2.05, 4.69) is 18.8 Å². The molecule has 0 saturated heterocycles. The molecule has 2 heterocycles. The molecule has 0 bridgehead atoms. The van der Waals surface area contributed by atoms with Crippen molar-refractivity contribution < 1.29 is 9.84 Å². The first kappa shape index (κ1) is 20.4. The summed E-state index contributed by atoms with van der Waals surface area (Å²) in [6, 6.07) is 3.82. The number of rotatable bonds is 6. The number of halogens is 1. The number of aliphatic hydroxyl groups excluding tert-OH is 1. The van der Waals surface area contributed by atoms with Gasteiger partial charge in [0.2, 0.25) is 0 Å². The summed E-state index contributed by atoms with van der Waals surface area (Å²) in [5.41, 5.74) is 3.01. The van der Waals surface area contributed by atoms with E-state index in [0.717, 1.165) is 51.9 Å². The quantitative estimate of drug-likeness (QED) is 0.624. The van der Waals surface area contributed by atoms with Crippen LogP contribution in [0.2, 0.25) is 5.02 Å². The molecule has 0 radical (unpaired) electrons. The van der Waals surface area contributed by atoms with E-state index >= 15 is 0 Å². The Morgan fingerprint density at radius 3 is 2.90 bits per heavy atom. The summed E-state index contributed by atoms with van der Waals surface area (Å²) in [5, 5.41) is 12.0. The Morgan fingerprint density at radius 2 is 2.14 bits per heavy atom. The molecule has 0 amide bonds. The molecule has 0 fully saturated rings. The predicted molar refractivity (Wildman–Crippen MR) is 118 cm³/mol. The molecule has 1 atom stereocenters. The van der Waals surface area contributed by atoms with Crippen molar-refractivity contribution in [1.82, 2.24) is 9.55 Å². The molecule has 1 aliphatic rings. The van der Waals surface area contributed by atoms with Crippen molar-refractivity contribution in [2.24, 2.45) is 0 Å². The van der Waals surface area contributed by atoms with Crippen LogP contribution in [0.4, 0.5) is 0 Å². The lowest BCUT2D eigenvalue weighted by molar-refractivity contribution is 0.0908. The van der Waals surface area contributed by atoms with Crippen molar-refractivity contribution in [1.29, 1.82) is 0 Å². The number of ether oxygens (including phenoxy) is 1. The zero-order valence-corrected chi connectivity index (χ0v) is 18.4. The Bertz CT molecular complexity index is 1120. The third-order valence-corrected chi connectivity index (χ3v) is 7.05. The fourth-order valence-corrected chi connectivity index (χ4v) is 5.25. The molecule has 0 saturated carbocycles. The predicted octanol–water partition coefficient (Wildman–Crippen LogP) is 4.47. The minimum Gasteiger partial charge on any atom is -0.491 e. The number of nitrogens with zero attached hydrogens (tertiary/aromatic N) is 2. The highest BCUT2D eigenvalue weighted by molar-refractivity contribution is 7.18. The van der Waals surface area contributed by atoms with E-state index in [1.165, 1.54) is 15.8 Å². The zero-order valence-electron chi connectivity index (χ0n) is 16.9. The molecule has 29 heavy (non-hydrogen) atoms. The van der Waals surface area contributed by atoms with Gasteiger partial charge in [0.25, 0.3) is 5.56 Å². The Labute approximate surface area is 178 Å². The fourth-order valence-electron chi connectivity index (χ4n) is 3.86. The topological polar surface area (TPSA) is 64.3 Å². The van der Waals surface area contributed by atoms with Crippen LogP contribution in [0.1, 0.15) is 47.8 Å². The number of hydrogen-bond acceptors (Lipinski definition) is 5. The Kier molecular flexibility index (Phi) is 5.69. The minimum atomic E-state index is -0.824. The van der Waals surface area contributed by atoms with Crippen molar-refractivity contribution in [3.05, 3.63) is 55.4 Å². The molecule has 1 N–H and O–H groups in total. The van der Waals surface area contributed by atoms with Gasteiger partial charge in [0.15, 0.2) is 0 Å². The van der Waals surface area contributed by atoms with E-state index in [1.807, 2.05) is 19.1 Å². The second-order valence-electron chi connectivity index (χ2n) is 8.00. The molecule has 4 rings (SSSR count). The number of fused-ring (bicyclic) bond motifs is 3. The van der Waals surface area contributed by atoms with E-state index in [9.17, 15) is 9.90 Å². The number of benzene rings is 1. The highest BCUT2D eigenvalue weighted by Gasteiger charge is 2.22. The second-order valence-corrected chi connectivity index (χ2v) is 9.49. The molecule has 5 nitrogen and oxygen atoms in total. The molecule has 7 heteroatoms. The Morgan fingerprint density at radius 1 is 1.34 bits per heavy atom. The van der Waals surface area contributed by atoms with Crippen molar-refractivity contribution in [3.8, 4) is 5.75 Å². The Hall–Kier alpha value is -1.89. The molecule has 1 aromatic carbocycles. The summed E-state index contributed by atoms with van der Waals surface area (Å²) in [5.74, 6) is 0.965. The van der Waals surface area contributed by atoms with Crippen molar-refractivity contribution >= 4 is 33.2 Å². The molecular weight excluding hydrogens is 408 g/mol. The van der Waals surface area contributed by atoms with Crippen LogP contribution in [0.3, 0.4) is 0 Å². The first-order valence-electron chi connectivity index (χ1n) is 9.95. The molecule has 2 aromatic heterocycles. The normalized spacial score (nSPS) is 14.6. The summed E-state index contributed by atoms with van der Waals surface area (Å²) in [4.78, 5) is 19.5. The molecule has 154 valence electrons. The zero-order chi connectivity index (χ0) is 20.7. The SMILES string of the molecule is Cc1cc(OCC(O)Cn2cnc3sc4c(c3c2=O)CCC4)c(C(C)C)cc1Cl. The van der Waals surface area contributed by atoms with Gasteiger partial charge in [-0.2, -0.15) is 0 Å². The average Bonchev–Trinajstić information content (AvgIpc) is 3.25. The first-order chi connectivity index (χ1) is 13.8. The second kappa shape index (κ2) is 8.09. The molecule has 1 unspecified atom stereocenters. The van der Waals surface area contributed by atoms with Gasteiger partial charge >= 0.3 is 0 Å². The van der Waals surface area contributed by atoms with Crippen LogP contribution in [-0.4, -0.2) is 27.4 Å². The third kappa shape index (κ3) is 3.93. The van der Waals surface area contributed by atoms with Gasteiger partial charge in [-0.3, -0.25) is 9.36 Å². The number of thiophene rings is 1. The maximum atomic E-state index is 12.9. The van der Waals surface area contributed by atoms with Crippen LogP contribution in [-0.2, 0) is 19.4 Å². The summed E-state index contributed by atoms with van der Waals surface area (Å²) < 4.78 is 7.41.